The number of benzene rings is 1. The van der Waals surface area contributed by atoms with Gasteiger partial charge in [0, 0.05) is 37.9 Å². The predicted molar refractivity (Wildman–Crippen MR) is 113 cm³/mol. The first kappa shape index (κ1) is 22.2. The van der Waals surface area contributed by atoms with E-state index in [1.165, 1.54) is 0 Å². The van der Waals surface area contributed by atoms with Crippen LogP contribution >= 0.6 is 0 Å². The molecule has 2 saturated heterocycles. The summed E-state index contributed by atoms with van der Waals surface area (Å²) in [6.07, 6.45) is 4.62. The molecule has 2 aliphatic heterocycles. The fourth-order valence-electron chi connectivity index (χ4n) is 4.16. The van der Waals surface area contributed by atoms with Gasteiger partial charge in [-0.15, -0.1) is 0 Å². The molecule has 2 N–H and O–H groups in total. The van der Waals surface area contributed by atoms with Crippen LogP contribution in [0.15, 0.2) is 23.1 Å². The molecule has 0 unspecified atom stereocenters. The minimum atomic E-state index is -3.57. The molecule has 29 heavy (non-hydrogen) atoms. The van der Waals surface area contributed by atoms with E-state index in [1.807, 2.05) is 0 Å². The Bertz CT molecular complexity index is 798. The number of hydrogen-bond donors (Lipinski definition) is 2. The van der Waals surface area contributed by atoms with Crippen LogP contribution in [0.3, 0.4) is 0 Å². The SMILES string of the molecule is CCC(=O)Nc1ccc(S(=O)(=O)NCC2CCN(C3CCOCC3)CC2)c(C)c1. The Hall–Kier alpha value is -1.48. The predicted octanol–water partition coefficient (Wildman–Crippen LogP) is 2.51. The number of sulfonamides is 1. The van der Waals surface area contributed by atoms with Crippen LogP contribution in [-0.2, 0) is 19.6 Å². The van der Waals surface area contributed by atoms with Crippen molar-refractivity contribution in [1.82, 2.24) is 9.62 Å². The van der Waals surface area contributed by atoms with E-state index < -0.39 is 10.0 Å². The van der Waals surface area contributed by atoms with Gasteiger partial charge in [-0.2, -0.15) is 0 Å². The highest BCUT2D eigenvalue weighted by Crippen LogP contribution is 2.24. The normalized spacial score (nSPS) is 19.9. The van der Waals surface area contributed by atoms with E-state index in [2.05, 4.69) is 14.9 Å². The van der Waals surface area contributed by atoms with E-state index in [-0.39, 0.29) is 10.8 Å². The molecule has 3 rings (SSSR count). The number of piperidine rings is 1. The first-order chi connectivity index (χ1) is 13.9. The van der Waals surface area contributed by atoms with Crippen molar-refractivity contribution < 1.29 is 17.9 Å². The summed E-state index contributed by atoms with van der Waals surface area (Å²) in [6, 6.07) is 5.53. The lowest BCUT2D eigenvalue weighted by Crippen LogP contribution is -2.45. The summed E-state index contributed by atoms with van der Waals surface area (Å²) in [5.74, 6) is 0.273. The molecule has 0 bridgehead atoms. The summed E-state index contributed by atoms with van der Waals surface area (Å²) >= 11 is 0. The molecule has 162 valence electrons. The van der Waals surface area contributed by atoms with Crippen molar-refractivity contribution in [3.8, 4) is 0 Å². The van der Waals surface area contributed by atoms with Gasteiger partial charge in [0.1, 0.15) is 0 Å². The average molecular weight is 424 g/mol. The monoisotopic (exact) mass is 423 g/mol. The van der Waals surface area contributed by atoms with Crippen molar-refractivity contribution in [2.45, 2.75) is 56.9 Å². The minimum absolute atomic E-state index is 0.0924. The molecule has 1 aromatic carbocycles. The number of rotatable bonds is 7. The fourth-order valence-corrected chi connectivity index (χ4v) is 5.50. The number of amides is 1. The van der Waals surface area contributed by atoms with Crippen LogP contribution in [-0.4, -0.2) is 58.1 Å². The third-order valence-electron chi connectivity index (χ3n) is 5.99. The summed E-state index contributed by atoms with van der Waals surface area (Å²) in [6.45, 7) is 7.76. The number of nitrogens with one attached hydrogen (secondary N) is 2. The molecule has 0 saturated carbocycles. The van der Waals surface area contributed by atoms with E-state index in [4.69, 9.17) is 4.74 Å². The van der Waals surface area contributed by atoms with Crippen LogP contribution in [0.4, 0.5) is 5.69 Å². The van der Waals surface area contributed by atoms with Crippen molar-refractivity contribution >= 4 is 21.6 Å². The van der Waals surface area contributed by atoms with E-state index in [1.54, 1.807) is 32.0 Å². The molecule has 1 aromatic rings. The molecule has 1 amide bonds. The van der Waals surface area contributed by atoms with Gasteiger partial charge < -0.3 is 15.0 Å². The molecular formula is C21H33N3O4S. The molecule has 7 nitrogen and oxygen atoms in total. The van der Waals surface area contributed by atoms with Crippen LogP contribution in [0.5, 0.6) is 0 Å². The maximum absolute atomic E-state index is 12.8. The second kappa shape index (κ2) is 10.0. The van der Waals surface area contributed by atoms with Gasteiger partial charge in [0.25, 0.3) is 0 Å². The van der Waals surface area contributed by atoms with Gasteiger partial charge in [-0.05, 0) is 75.4 Å². The third-order valence-corrected chi connectivity index (χ3v) is 7.57. The van der Waals surface area contributed by atoms with Crippen molar-refractivity contribution in [3.63, 3.8) is 0 Å². The number of anilines is 1. The quantitative estimate of drug-likeness (QED) is 0.704. The van der Waals surface area contributed by atoms with Gasteiger partial charge in [-0.3, -0.25) is 4.79 Å². The minimum Gasteiger partial charge on any atom is -0.381 e. The number of carbonyl (C=O) groups is 1. The Labute approximate surface area is 174 Å². The molecular weight excluding hydrogens is 390 g/mol. The lowest BCUT2D eigenvalue weighted by Gasteiger charge is -2.39. The van der Waals surface area contributed by atoms with Gasteiger partial charge in [0.15, 0.2) is 0 Å². The molecule has 8 heteroatoms. The number of ether oxygens (including phenoxy) is 1. The van der Waals surface area contributed by atoms with Gasteiger partial charge >= 0.3 is 0 Å². The van der Waals surface area contributed by atoms with E-state index in [9.17, 15) is 13.2 Å². The van der Waals surface area contributed by atoms with Crippen LogP contribution < -0.4 is 10.0 Å². The van der Waals surface area contributed by atoms with Gasteiger partial charge in [0.05, 0.1) is 4.90 Å². The lowest BCUT2D eigenvalue weighted by atomic mass is 9.94. The summed E-state index contributed by atoms with van der Waals surface area (Å²) in [7, 11) is -3.57. The summed E-state index contributed by atoms with van der Waals surface area (Å²) in [5.41, 5.74) is 1.24. The van der Waals surface area contributed by atoms with E-state index >= 15 is 0 Å². The molecule has 2 aliphatic rings. The smallest absolute Gasteiger partial charge is 0.240 e. The van der Waals surface area contributed by atoms with Crippen LogP contribution in [0.1, 0.15) is 44.6 Å². The van der Waals surface area contributed by atoms with Crippen molar-refractivity contribution in [2.75, 3.05) is 38.2 Å². The fraction of sp³-hybridized carbons (Fsp3) is 0.667. The Balaban J connectivity index is 1.52. The Morgan fingerprint density at radius 3 is 2.48 bits per heavy atom. The highest BCUT2D eigenvalue weighted by molar-refractivity contribution is 7.89. The standard InChI is InChI=1S/C21H33N3O4S/c1-3-21(25)23-18-4-5-20(16(2)14-18)29(26,27)22-15-17-6-10-24(11-7-17)19-8-12-28-13-9-19/h4-5,14,17,19,22H,3,6-13,15H2,1-2H3,(H,23,25). The number of nitrogens with zero attached hydrogens (tertiary/aromatic N) is 1. The van der Waals surface area contributed by atoms with Crippen molar-refractivity contribution in [2.24, 2.45) is 5.92 Å². The molecule has 2 fully saturated rings. The number of aryl methyl sites for hydroxylation is 1. The third kappa shape index (κ3) is 6.01. The summed E-state index contributed by atoms with van der Waals surface area (Å²) in [4.78, 5) is 14.3. The Morgan fingerprint density at radius 1 is 1.17 bits per heavy atom. The number of carbonyl (C=O) groups excluding carboxylic acids is 1. The molecule has 0 aliphatic carbocycles. The maximum atomic E-state index is 12.8. The largest absolute Gasteiger partial charge is 0.381 e. The van der Waals surface area contributed by atoms with Crippen LogP contribution in [0.25, 0.3) is 0 Å². The topological polar surface area (TPSA) is 87.7 Å². The first-order valence-corrected chi connectivity index (χ1v) is 12.1. The zero-order chi connectivity index (χ0) is 20.9. The zero-order valence-corrected chi connectivity index (χ0v) is 18.3. The molecule has 0 atom stereocenters. The highest BCUT2D eigenvalue weighted by atomic mass is 32.2. The molecule has 0 aromatic heterocycles. The van der Waals surface area contributed by atoms with E-state index in [0.717, 1.165) is 52.0 Å². The molecule has 0 spiro atoms. The van der Waals surface area contributed by atoms with Crippen LogP contribution in [0, 0.1) is 12.8 Å². The van der Waals surface area contributed by atoms with E-state index in [0.29, 0.717) is 36.2 Å². The lowest BCUT2D eigenvalue weighted by molar-refractivity contribution is -0.115. The average Bonchev–Trinajstić information content (AvgIpc) is 2.73. The Kier molecular flexibility index (Phi) is 7.67. The second-order valence-corrected chi connectivity index (χ2v) is 9.79. The van der Waals surface area contributed by atoms with Crippen LogP contribution in [0.2, 0.25) is 0 Å². The first-order valence-electron chi connectivity index (χ1n) is 10.6. The van der Waals surface area contributed by atoms with Crippen molar-refractivity contribution in [3.05, 3.63) is 23.8 Å². The summed E-state index contributed by atoms with van der Waals surface area (Å²) in [5, 5.41) is 2.76. The van der Waals surface area contributed by atoms with Gasteiger partial charge in [-0.1, -0.05) is 6.92 Å². The van der Waals surface area contributed by atoms with Gasteiger partial charge in [-0.25, -0.2) is 13.1 Å². The second-order valence-electron chi connectivity index (χ2n) is 8.06. The molecule has 0 radical (unpaired) electrons. The number of likely N-dealkylation sites (tertiary alicyclic amines) is 1. The van der Waals surface area contributed by atoms with Gasteiger partial charge in [0.2, 0.25) is 15.9 Å². The highest BCUT2D eigenvalue weighted by Gasteiger charge is 2.27. The molecule has 2 heterocycles. The van der Waals surface area contributed by atoms with Crippen molar-refractivity contribution in [1.29, 1.82) is 0 Å². The Morgan fingerprint density at radius 2 is 1.86 bits per heavy atom. The zero-order valence-electron chi connectivity index (χ0n) is 17.4. The summed E-state index contributed by atoms with van der Waals surface area (Å²) < 4.78 is 33.8. The number of hydrogen-bond acceptors (Lipinski definition) is 5. The maximum Gasteiger partial charge on any atom is 0.240 e.